The van der Waals surface area contributed by atoms with Crippen LogP contribution in [0.2, 0.25) is 0 Å². The van der Waals surface area contributed by atoms with Crippen LogP contribution in [0, 0.1) is 0 Å². The van der Waals surface area contributed by atoms with Crippen molar-refractivity contribution in [3.8, 4) is 0 Å². The van der Waals surface area contributed by atoms with E-state index in [-0.39, 0.29) is 6.61 Å². The lowest BCUT2D eigenvalue weighted by molar-refractivity contribution is 0.0899. The van der Waals surface area contributed by atoms with Crippen LogP contribution in [0.3, 0.4) is 0 Å². The van der Waals surface area contributed by atoms with Gasteiger partial charge in [-0.1, -0.05) is 0 Å². The Hall–Kier alpha value is -0.410. The molecule has 1 unspecified atom stereocenters. The van der Waals surface area contributed by atoms with Crippen LogP contribution in [0.4, 0.5) is 0 Å². The summed E-state index contributed by atoms with van der Waals surface area (Å²) in [5.74, 6) is 0. The molecule has 0 aliphatic heterocycles. The standard InChI is InChI=1S/C5H10O3/c6-3-1-2-5(8)4-7/h3,5,7-8H,1-2,4H2/p+1. The summed E-state index contributed by atoms with van der Waals surface area (Å²) in [5, 5.41) is 16.8. The number of hydrogen-bond acceptors (Lipinski definition) is 2. The second kappa shape index (κ2) is 4.74. The Morgan fingerprint density at radius 1 is 1.62 bits per heavy atom. The summed E-state index contributed by atoms with van der Waals surface area (Å²) in [6.45, 7) is -0.228. The number of aliphatic hydroxyl groups excluding tert-OH is 2. The summed E-state index contributed by atoms with van der Waals surface area (Å²) in [4.78, 5) is 8.09. The van der Waals surface area contributed by atoms with Crippen molar-refractivity contribution < 1.29 is 15.0 Å². The van der Waals surface area contributed by atoms with Gasteiger partial charge in [0.2, 0.25) is 0 Å². The van der Waals surface area contributed by atoms with Crippen LogP contribution >= 0.6 is 0 Å². The summed E-state index contributed by atoms with van der Waals surface area (Å²) in [6, 6.07) is 0. The molecule has 0 fully saturated rings. The van der Waals surface area contributed by atoms with E-state index in [1.165, 1.54) is 0 Å². The average Bonchev–Trinajstić information content (AvgIpc) is 1.83. The Balaban J connectivity index is 2.97. The quantitative estimate of drug-likeness (QED) is 0.379. The molecule has 0 saturated heterocycles. The maximum atomic E-state index is 8.61. The zero-order valence-electron chi connectivity index (χ0n) is 4.62. The van der Waals surface area contributed by atoms with Crippen molar-refractivity contribution >= 4 is 6.29 Å². The molecule has 0 bridgehead atoms. The van der Waals surface area contributed by atoms with Crippen molar-refractivity contribution in [3.63, 3.8) is 0 Å². The van der Waals surface area contributed by atoms with Gasteiger partial charge in [0.05, 0.1) is 19.1 Å². The van der Waals surface area contributed by atoms with E-state index in [0.717, 1.165) is 6.29 Å². The van der Waals surface area contributed by atoms with Crippen molar-refractivity contribution in [1.29, 1.82) is 0 Å². The molecule has 0 spiro atoms. The van der Waals surface area contributed by atoms with Crippen molar-refractivity contribution in [2.45, 2.75) is 18.9 Å². The summed E-state index contributed by atoms with van der Waals surface area (Å²) < 4.78 is 0. The molecule has 1 atom stereocenters. The molecule has 0 aliphatic rings. The summed E-state index contributed by atoms with van der Waals surface area (Å²) in [5.41, 5.74) is 0. The van der Waals surface area contributed by atoms with Crippen molar-refractivity contribution in [2.75, 3.05) is 6.61 Å². The summed E-state index contributed by atoms with van der Waals surface area (Å²) in [6.07, 6.45) is 1.14. The van der Waals surface area contributed by atoms with Gasteiger partial charge in [0.15, 0.2) is 0 Å². The second-order valence-corrected chi connectivity index (χ2v) is 1.60. The number of hydrogen-bond donors (Lipinski definition) is 2. The van der Waals surface area contributed by atoms with E-state index in [4.69, 9.17) is 15.0 Å². The van der Waals surface area contributed by atoms with Crippen LogP contribution in [-0.2, 0) is 0 Å². The highest BCUT2D eigenvalue weighted by molar-refractivity contribution is 5.50. The van der Waals surface area contributed by atoms with Gasteiger partial charge in [-0.25, -0.2) is 0 Å². The van der Waals surface area contributed by atoms with Crippen LogP contribution in [-0.4, -0.2) is 34.0 Å². The van der Waals surface area contributed by atoms with Crippen LogP contribution in [0.15, 0.2) is 0 Å². The minimum Gasteiger partial charge on any atom is -0.394 e. The molecule has 3 nitrogen and oxygen atoms in total. The summed E-state index contributed by atoms with van der Waals surface area (Å²) in [7, 11) is 0. The molecule has 0 heterocycles. The molecule has 3 heteroatoms. The highest BCUT2D eigenvalue weighted by Crippen LogP contribution is 1.91. The second-order valence-electron chi connectivity index (χ2n) is 1.60. The zero-order valence-corrected chi connectivity index (χ0v) is 4.62. The molecule has 0 aromatic heterocycles. The van der Waals surface area contributed by atoms with Crippen LogP contribution < -0.4 is 0 Å². The van der Waals surface area contributed by atoms with E-state index >= 15 is 0 Å². The van der Waals surface area contributed by atoms with E-state index in [1.54, 1.807) is 0 Å². The molecule has 0 aromatic carbocycles. The fourth-order valence-corrected chi connectivity index (χ4v) is 0.358. The van der Waals surface area contributed by atoms with Crippen molar-refractivity contribution in [3.05, 3.63) is 0 Å². The Labute approximate surface area is 47.9 Å². The minimum atomic E-state index is -0.682. The van der Waals surface area contributed by atoms with E-state index in [0.29, 0.717) is 12.8 Å². The van der Waals surface area contributed by atoms with Crippen molar-refractivity contribution in [1.82, 2.24) is 0 Å². The third-order valence-electron chi connectivity index (χ3n) is 0.840. The first kappa shape index (κ1) is 7.59. The smallest absolute Gasteiger partial charge is 0.281 e. The van der Waals surface area contributed by atoms with E-state index in [1.807, 2.05) is 0 Å². The molecule has 0 aliphatic carbocycles. The average molecular weight is 119 g/mol. The number of rotatable bonds is 4. The third kappa shape index (κ3) is 3.77. The molecular formula is C5H11O3+. The Kier molecular flexibility index (Phi) is 4.50. The van der Waals surface area contributed by atoms with Gasteiger partial charge in [0.25, 0.3) is 6.29 Å². The molecule has 0 radical (unpaired) electrons. The first-order chi connectivity index (χ1) is 3.81. The minimum absolute atomic E-state index is 0.228. The molecule has 8 heavy (non-hydrogen) atoms. The lowest BCUT2D eigenvalue weighted by Crippen LogP contribution is -2.11. The highest BCUT2D eigenvalue weighted by atomic mass is 16.3. The topological polar surface area (TPSA) is 61.9 Å². The number of aliphatic hydroxyl groups is 2. The maximum absolute atomic E-state index is 8.61. The first-order valence-electron chi connectivity index (χ1n) is 2.56. The molecule has 0 aromatic rings. The molecule has 0 saturated carbocycles. The molecule has 48 valence electrons. The largest absolute Gasteiger partial charge is 0.394 e. The van der Waals surface area contributed by atoms with E-state index < -0.39 is 6.10 Å². The zero-order chi connectivity index (χ0) is 6.41. The normalized spacial score (nSPS) is 13.2. The SMILES string of the molecule is OCC(O)CCC=[OH+]. The molecule has 3 N–H and O–H groups in total. The van der Waals surface area contributed by atoms with Gasteiger partial charge in [-0.2, -0.15) is 0 Å². The van der Waals surface area contributed by atoms with Gasteiger partial charge in [-0.15, -0.1) is 0 Å². The lowest BCUT2D eigenvalue weighted by atomic mass is 10.2. The van der Waals surface area contributed by atoms with E-state index in [2.05, 4.69) is 0 Å². The number of aldehydes is 1. The van der Waals surface area contributed by atoms with Gasteiger partial charge in [0, 0.05) is 0 Å². The fraction of sp³-hybridized carbons (Fsp3) is 0.800. The monoisotopic (exact) mass is 119 g/mol. The Bertz CT molecular complexity index is 62.7. The first-order valence-corrected chi connectivity index (χ1v) is 2.56. The van der Waals surface area contributed by atoms with E-state index in [9.17, 15) is 0 Å². The van der Waals surface area contributed by atoms with Gasteiger partial charge in [0.1, 0.15) is 0 Å². The predicted octanol–water partition coefficient (Wildman–Crippen LogP) is -0.706. The molecule has 0 rings (SSSR count). The highest BCUT2D eigenvalue weighted by Gasteiger charge is 1.99. The van der Waals surface area contributed by atoms with Crippen molar-refractivity contribution in [2.24, 2.45) is 0 Å². The van der Waals surface area contributed by atoms with Crippen LogP contribution in [0.25, 0.3) is 0 Å². The Morgan fingerprint density at radius 2 is 2.25 bits per heavy atom. The van der Waals surface area contributed by atoms with Gasteiger partial charge < -0.3 is 10.2 Å². The van der Waals surface area contributed by atoms with Crippen LogP contribution in [0.5, 0.6) is 0 Å². The molecule has 0 amide bonds. The van der Waals surface area contributed by atoms with Gasteiger partial charge >= 0.3 is 0 Å². The van der Waals surface area contributed by atoms with Gasteiger partial charge in [-0.3, -0.25) is 4.79 Å². The van der Waals surface area contributed by atoms with Gasteiger partial charge in [-0.05, 0) is 6.42 Å². The molecular weight excluding hydrogens is 108 g/mol. The fourth-order valence-electron chi connectivity index (χ4n) is 0.358. The van der Waals surface area contributed by atoms with Crippen LogP contribution in [0.1, 0.15) is 12.8 Å². The maximum Gasteiger partial charge on any atom is 0.281 e. The summed E-state index contributed by atoms with van der Waals surface area (Å²) >= 11 is 0. The third-order valence-corrected chi connectivity index (χ3v) is 0.840. The lowest BCUT2D eigenvalue weighted by Gasteiger charge is -1.99. The Morgan fingerprint density at radius 3 is 2.62 bits per heavy atom. The number of carbonyl (C=O) groups excluding carboxylic acids is 1. The predicted molar refractivity (Wildman–Crippen MR) is 30.3 cm³/mol.